The molecule has 0 radical (unpaired) electrons. The van der Waals surface area contributed by atoms with Crippen molar-refractivity contribution in [1.29, 1.82) is 0 Å². The highest BCUT2D eigenvalue weighted by molar-refractivity contribution is 7.07. The Kier molecular flexibility index (Phi) is 7.03. The van der Waals surface area contributed by atoms with E-state index in [4.69, 9.17) is 13.9 Å². The lowest BCUT2D eigenvalue weighted by Gasteiger charge is -2.25. The number of methoxy groups -OCH3 is 1. The maximum Gasteiger partial charge on any atom is 0.338 e. The summed E-state index contributed by atoms with van der Waals surface area (Å²) in [5.74, 6) is -0.706. The van der Waals surface area contributed by atoms with Crippen molar-refractivity contribution in [2.75, 3.05) is 13.7 Å². The molecule has 9 nitrogen and oxygen atoms in total. The number of aromatic nitrogens is 1. The van der Waals surface area contributed by atoms with Crippen LogP contribution in [0.2, 0.25) is 0 Å². The van der Waals surface area contributed by atoms with Crippen molar-refractivity contribution in [3.8, 4) is 17.1 Å². The van der Waals surface area contributed by atoms with Crippen LogP contribution in [0, 0.1) is 0 Å². The van der Waals surface area contributed by atoms with Gasteiger partial charge in [0.15, 0.2) is 4.80 Å². The zero-order valence-electron chi connectivity index (χ0n) is 21.3. The van der Waals surface area contributed by atoms with Crippen molar-refractivity contribution in [3.05, 3.63) is 109 Å². The first-order valence-electron chi connectivity index (χ1n) is 12.1. The van der Waals surface area contributed by atoms with E-state index in [1.54, 1.807) is 74.5 Å². The fourth-order valence-corrected chi connectivity index (χ4v) is 5.59. The van der Waals surface area contributed by atoms with E-state index in [0.717, 1.165) is 11.3 Å². The van der Waals surface area contributed by atoms with Crippen LogP contribution in [-0.2, 0) is 9.53 Å². The predicted octanol–water partition coefficient (Wildman–Crippen LogP) is 2.43. The topological polar surface area (TPSA) is 123 Å². The fourth-order valence-electron chi connectivity index (χ4n) is 4.56. The van der Waals surface area contributed by atoms with Crippen molar-refractivity contribution < 1.29 is 28.6 Å². The molecule has 4 aromatic rings. The lowest BCUT2D eigenvalue weighted by molar-refractivity contribution is -0.255. The Bertz CT molecular complexity index is 1810. The van der Waals surface area contributed by atoms with E-state index in [2.05, 4.69) is 4.99 Å². The molecule has 1 aliphatic heterocycles. The molecular formula is C29H23N2O7S-. The molecule has 5 rings (SSSR count). The lowest BCUT2D eigenvalue weighted by atomic mass is 9.95. The summed E-state index contributed by atoms with van der Waals surface area (Å²) in [7, 11) is 1.52. The molecule has 0 bridgehead atoms. The molecule has 0 spiro atoms. The first kappa shape index (κ1) is 25.9. The summed E-state index contributed by atoms with van der Waals surface area (Å²) in [5.41, 5.74) is 1.29. The summed E-state index contributed by atoms with van der Waals surface area (Å²) in [4.78, 5) is 43.4. The van der Waals surface area contributed by atoms with Gasteiger partial charge in [-0.15, -0.1) is 0 Å². The first-order valence-corrected chi connectivity index (χ1v) is 12.9. The Balaban J connectivity index is 1.66. The number of furan rings is 1. The summed E-state index contributed by atoms with van der Waals surface area (Å²) < 4.78 is 18.6. The van der Waals surface area contributed by atoms with E-state index in [-0.39, 0.29) is 23.3 Å². The van der Waals surface area contributed by atoms with Gasteiger partial charge >= 0.3 is 5.97 Å². The number of ether oxygens (including phenoxy) is 2. The summed E-state index contributed by atoms with van der Waals surface area (Å²) in [6, 6.07) is 16.0. The van der Waals surface area contributed by atoms with Gasteiger partial charge in [-0.05, 0) is 32.0 Å². The normalized spacial score (nSPS) is 15.1. The van der Waals surface area contributed by atoms with E-state index in [0.29, 0.717) is 43.4 Å². The number of carboxylic acids is 1. The molecule has 1 atom stereocenters. The van der Waals surface area contributed by atoms with E-state index < -0.39 is 18.0 Å². The molecule has 0 saturated heterocycles. The quantitative estimate of drug-likeness (QED) is 0.328. The van der Waals surface area contributed by atoms with Gasteiger partial charge in [-0.25, -0.2) is 9.79 Å². The van der Waals surface area contributed by atoms with Gasteiger partial charge < -0.3 is 23.8 Å². The van der Waals surface area contributed by atoms with Crippen molar-refractivity contribution in [2.24, 2.45) is 4.99 Å². The maximum atomic E-state index is 13.8. The third-order valence-corrected chi connectivity index (χ3v) is 7.25. The SMILES string of the molecule is CCOC(=O)C1=C(C)N=c2sc(=Cc3ccc(-c4ccccc4C(=O)[O-])o3)c(=O)n2[C@@H]1c1ccccc1OC. The van der Waals surface area contributed by atoms with Crippen molar-refractivity contribution >= 4 is 29.4 Å². The fraction of sp³-hybridized carbons (Fsp3) is 0.172. The van der Waals surface area contributed by atoms with Gasteiger partial charge in [0.2, 0.25) is 0 Å². The Labute approximate surface area is 226 Å². The van der Waals surface area contributed by atoms with E-state index in [1.807, 2.05) is 0 Å². The molecule has 0 unspecified atom stereocenters. The number of carboxylic acid groups (broad SMARTS) is 1. The average Bonchev–Trinajstić information content (AvgIpc) is 3.52. The number of aromatic carboxylic acids is 1. The molecule has 3 heterocycles. The third-order valence-electron chi connectivity index (χ3n) is 6.26. The van der Waals surface area contributed by atoms with Gasteiger partial charge in [0, 0.05) is 22.8 Å². The second-order valence-corrected chi connectivity index (χ2v) is 9.59. The van der Waals surface area contributed by atoms with Crippen LogP contribution in [0.3, 0.4) is 0 Å². The summed E-state index contributed by atoms with van der Waals surface area (Å²) in [6.07, 6.45) is 1.57. The number of hydrogen-bond acceptors (Lipinski definition) is 9. The lowest BCUT2D eigenvalue weighted by Crippen LogP contribution is -2.40. The number of benzene rings is 2. The number of fused-ring (bicyclic) bond motifs is 1. The van der Waals surface area contributed by atoms with Crippen LogP contribution in [-0.4, -0.2) is 30.2 Å². The Morgan fingerprint density at radius 3 is 2.62 bits per heavy atom. The van der Waals surface area contributed by atoms with Crippen molar-refractivity contribution in [2.45, 2.75) is 19.9 Å². The van der Waals surface area contributed by atoms with Crippen LogP contribution in [0.25, 0.3) is 17.4 Å². The number of hydrogen-bond donors (Lipinski definition) is 0. The molecule has 1 aliphatic rings. The minimum absolute atomic E-state index is 0.00319. The number of allylic oxidation sites excluding steroid dienone is 1. The monoisotopic (exact) mass is 543 g/mol. The summed E-state index contributed by atoms with van der Waals surface area (Å²) in [5, 5.41) is 11.5. The largest absolute Gasteiger partial charge is 0.545 e. The second kappa shape index (κ2) is 10.6. The number of rotatable bonds is 7. The smallest absolute Gasteiger partial charge is 0.338 e. The average molecular weight is 544 g/mol. The second-order valence-electron chi connectivity index (χ2n) is 8.58. The van der Waals surface area contributed by atoms with Gasteiger partial charge in [-0.3, -0.25) is 9.36 Å². The summed E-state index contributed by atoms with van der Waals surface area (Å²) in [6.45, 7) is 3.59. The molecule has 0 saturated carbocycles. The molecule has 10 heteroatoms. The van der Waals surface area contributed by atoms with Crippen LogP contribution >= 0.6 is 11.3 Å². The molecule has 2 aromatic heterocycles. The van der Waals surface area contributed by atoms with Gasteiger partial charge in [-0.1, -0.05) is 53.8 Å². The molecule has 39 heavy (non-hydrogen) atoms. The molecule has 0 fully saturated rings. The third kappa shape index (κ3) is 4.70. The minimum Gasteiger partial charge on any atom is -0.545 e. The summed E-state index contributed by atoms with van der Waals surface area (Å²) >= 11 is 1.15. The highest BCUT2D eigenvalue weighted by Crippen LogP contribution is 2.35. The van der Waals surface area contributed by atoms with E-state index in [9.17, 15) is 19.5 Å². The van der Waals surface area contributed by atoms with Gasteiger partial charge in [0.25, 0.3) is 5.56 Å². The molecule has 0 N–H and O–H groups in total. The Hall–Kier alpha value is -4.70. The standard InChI is InChI=1S/C29H24N2O7S/c1-4-37-28(35)24-16(2)30-29-31(25(24)20-11-7-8-12-21(20)36-3)26(32)23(39-29)15-17-13-14-22(38-17)18-9-5-6-10-19(18)27(33)34/h5-15,25H,4H2,1-3H3,(H,33,34)/p-1/t25-/m1/s1. The molecule has 198 valence electrons. The first-order chi connectivity index (χ1) is 18.8. The number of para-hydroxylation sites is 1. The van der Waals surface area contributed by atoms with E-state index in [1.165, 1.54) is 17.7 Å². The highest BCUT2D eigenvalue weighted by atomic mass is 32.1. The molecular weight excluding hydrogens is 520 g/mol. The van der Waals surface area contributed by atoms with Crippen LogP contribution < -0.4 is 24.7 Å². The predicted molar refractivity (Wildman–Crippen MR) is 142 cm³/mol. The van der Waals surface area contributed by atoms with Gasteiger partial charge in [-0.2, -0.15) is 0 Å². The number of nitrogens with zero attached hydrogens (tertiary/aromatic N) is 2. The van der Waals surface area contributed by atoms with Crippen LogP contribution in [0.1, 0.15) is 41.6 Å². The Morgan fingerprint density at radius 1 is 1.13 bits per heavy atom. The minimum atomic E-state index is -1.32. The maximum absolute atomic E-state index is 13.8. The Morgan fingerprint density at radius 2 is 1.87 bits per heavy atom. The molecule has 0 aliphatic carbocycles. The highest BCUT2D eigenvalue weighted by Gasteiger charge is 2.35. The molecule has 2 aromatic carbocycles. The molecule has 0 amide bonds. The van der Waals surface area contributed by atoms with Crippen molar-refractivity contribution in [1.82, 2.24) is 4.57 Å². The van der Waals surface area contributed by atoms with E-state index >= 15 is 0 Å². The van der Waals surface area contributed by atoms with Gasteiger partial charge in [0.1, 0.15) is 23.3 Å². The van der Waals surface area contributed by atoms with Gasteiger partial charge in [0.05, 0.1) is 35.5 Å². The van der Waals surface area contributed by atoms with Crippen LogP contribution in [0.4, 0.5) is 0 Å². The van der Waals surface area contributed by atoms with Crippen LogP contribution in [0.5, 0.6) is 5.75 Å². The number of esters is 1. The van der Waals surface area contributed by atoms with Crippen LogP contribution in [0.15, 0.2) is 86.1 Å². The number of carbonyl (C=O) groups excluding carboxylic acids is 2. The van der Waals surface area contributed by atoms with Crippen molar-refractivity contribution in [3.63, 3.8) is 0 Å². The number of thiazole rings is 1. The zero-order valence-corrected chi connectivity index (χ0v) is 22.1. The zero-order chi connectivity index (χ0) is 27.7. The number of carbonyl (C=O) groups is 2.